The number of rotatable bonds is 7. The second-order valence-electron chi connectivity index (χ2n) is 4.42. The van der Waals surface area contributed by atoms with Crippen molar-refractivity contribution >= 4 is 17.2 Å². The molecular formula is C15H22N2O2S. The summed E-state index contributed by atoms with van der Waals surface area (Å²) in [5, 5.41) is 1.99. The van der Waals surface area contributed by atoms with E-state index in [1.54, 1.807) is 16.2 Å². The van der Waals surface area contributed by atoms with Gasteiger partial charge in [0.15, 0.2) is 0 Å². The Morgan fingerprint density at radius 1 is 1.50 bits per heavy atom. The average Bonchev–Trinajstić information content (AvgIpc) is 2.88. The molecule has 0 unspecified atom stereocenters. The lowest BCUT2D eigenvalue weighted by Crippen LogP contribution is -2.26. The summed E-state index contributed by atoms with van der Waals surface area (Å²) in [6.45, 7) is 4.23. The molecule has 2 N–H and O–H groups in total. The number of carbonyl (C=O) groups is 1. The fourth-order valence-electron chi connectivity index (χ4n) is 1.60. The van der Waals surface area contributed by atoms with Crippen molar-refractivity contribution in [3.63, 3.8) is 0 Å². The number of nitrogens with zero attached hydrogens (tertiary/aromatic N) is 1. The number of ether oxygens (including phenoxy) is 1. The van der Waals surface area contributed by atoms with Gasteiger partial charge >= 0.3 is 0 Å². The van der Waals surface area contributed by atoms with Crippen molar-refractivity contribution in [1.82, 2.24) is 4.90 Å². The third-order valence-corrected chi connectivity index (χ3v) is 3.54. The zero-order chi connectivity index (χ0) is 14.8. The van der Waals surface area contributed by atoms with Gasteiger partial charge in [0.25, 0.3) is 0 Å². The van der Waals surface area contributed by atoms with Gasteiger partial charge in [-0.3, -0.25) is 4.79 Å². The minimum absolute atomic E-state index is 0.101. The molecule has 0 aliphatic carbocycles. The lowest BCUT2D eigenvalue weighted by atomic mass is 10.3. The van der Waals surface area contributed by atoms with Crippen LogP contribution >= 0.6 is 11.3 Å². The molecular weight excluding hydrogens is 272 g/mol. The van der Waals surface area contributed by atoms with Crippen molar-refractivity contribution in [2.75, 3.05) is 26.8 Å². The smallest absolute Gasteiger partial charge is 0.224 e. The first kappa shape index (κ1) is 16.7. The van der Waals surface area contributed by atoms with Crippen LogP contribution in [0, 0.1) is 11.8 Å². The van der Waals surface area contributed by atoms with Gasteiger partial charge in [-0.15, -0.1) is 11.3 Å². The Hall–Kier alpha value is -1.35. The molecule has 0 atom stereocenters. The molecule has 1 heterocycles. The average molecular weight is 294 g/mol. The van der Waals surface area contributed by atoms with Crippen molar-refractivity contribution in [3.05, 3.63) is 21.9 Å². The van der Waals surface area contributed by atoms with Crippen molar-refractivity contribution < 1.29 is 9.53 Å². The quantitative estimate of drug-likeness (QED) is 0.616. The number of nitrogens with two attached hydrogens (primary N) is 1. The number of hydrogen-bond acceptors (Lipinski definition) is 4. The van der Waals surface area contributed by atoms with E-state index in [2.05, 4.69) is 18.8 Å². The summed E-state index contributed by atoms with van der Waals surface area (Å²) in [7, 11) is 1.81. The Kier molecular flexibility index (Phi) is 7.97. The van der Waals surface area contributed by atoms with Crippen molar-refractivity contribution in [2.45, 2.75) is 26.3 Å². The summed E-state index contributed by atoms with van der Waals surface area (Å²) in [6.07, 6.45) is 1.41. The fraction of sp³-hybridized carbons (Fsp3) is 0.533. The number of carbonyl (C=O) groups excluding carboxylic acids is 1. The highest BCUT2D eigenvalue weighted by molar-refractivity contribution is 7.10. The first-order valence-electron chi connectivity index (χ1n) is 6.75. The molecule has 0 aromatic carbocycles. The molecule has 5 heteroatoms. The van der Waals surface area contributed by atoms with Gasteiger partial charge in [-0.2, -0.15) is 0 Å². The molecule has 0 saturated carbocycles. The molecule has 0 saturated heterocycles. The lowest BCUT2D eigenvalue weighted by Gasteiger charge is -2.16. The Morgan fingerprint density at radius 2 is 2.30 bits per heavy atom. The molecule has 0 radical (unpaired) electrons. The van der Waals surface area contributed by atoms with Crippen LogP contribution in [0.2, 0.25) is 0 Å². The van der Waals surface area contributed by atoms with E-state index in [0.29, 0.717) is 32.7 Å². The van der Waals surface area contributed by atoms with E-state index in [9.17, 15) is 4.79 Å². The van der Waals surface area contributed by atoms with Gasteiger partial charge in [0, 0.05) is 29.5 Å². The molecule has 1 aromatic heterocycles. The molecule has 0 spiro atoms. The van der Waals surface area contributed by atoms with Crippen LogP contribution in [-0.2, 0) is 16.1 Å². The number of amides is 1. The Morgan fingerprint density at radius 3 is 3.00 bits per heavy atom. The maximum absolute atomic E-state index is 11.9. The predicted octanol–water partition coefficient (Wildman–Crippen LogP) is 1.83. The van der Waals surface area contributed by atoms with Crippen LogP contribution in [0.1, 0.15) is 30.2 Å². The molecule has 110 valence electrons. The molecule has 0 bridgehead atoms. The Balaban J connectivity index is 2.39. The zero-order valence-corrected chi connectivity index (χ0v) is 13.0. The highest BCUT2D eigenvalue weighted by atomic mass is 32.1. The largest absolute Gasteiger partial charge is 0.381 e. The Labute approximate surface area is 124 Å². The van der Waals surface area contributed by atoms with E-state index in [1.807, 2.05) is 18.5 Å². The van der Waals surface area contributed by atoms with Crippen LogP contribution in [0.25, 0.3) is 0 Å². The summed E-state index contributed by atoms with van der Waals surface area (Å²) in [5.41, 5.74) is 6.30. The van der Waals surface area contributed by atoms with Gasteiger partial charge in [0.1, 0.15) is 0 Å². The maximum Gasteiger partial charge on any atom is 0.224 e. The van der Waals surface area contributed by atoms with E-state index in [1.165, 1.54) is 0 Å². The van der Waals surface area contributed by atoms with Crippen molar-refractivity contribution in [1.29, 1.82) is 0 Å². The van der Waals surface area contributed by atoms with Crippen LogP contribution < -0.4 is 5.73 Å². The first-order chi connectivity index (χ1) is 9.67. The van der Waals surface area contributed by atoms with Gasteiger partial charge in [-0.25, -0.2) is 0 Å². The zero-order valence-electron chi connectivity index (χ0n) is 12.1. The highest BCUT2D eigenvalue weighted by Crippen LogP contribution is 2.16. The van der Waals surface area contributed by atoms with Crippen molar-refractivity contribution in [2.24, 2.45) is 5.73 Å². The maximum atomic E-state index is 11.9. The second-order valence-corrected chi connectivity index (χ2v) is 5.42. The second kappa shape index (κ2) is 9.54. The molecule has 20 heavy (non-hydrogen) atoms. The fourth-order valence-corrected chi connectivity index (χ4v) is 2.47. The van der Waals surface area contributed by atoms with Gasteiger partial charge in [-0.05, 0) is 12.5 Å². The molecule has 0 aliphatic heterocycles. The van der Waals surface area contributed by atoms with E-state index in [0.717, 1.165) is 16.9 Å². The monoisotopic (exact) mass is 294 g/mol. The van der Waals surface area contributed by atoms with Gasteiger partial charge in [0.05, 0.1) is 26.1 Å². The summed E-state index contributed by atoms with van der Waals surface area (Å²) in [4.78, 5) is 14.7. The third kappa shape index (κ3) is 6.20. The Bertz CT molecular complexity index is 474. The van der Waals surface area contributed by atoms with Crippen LogP contribution in [0.3, 0.4) is 0 Å². The van der Waals surface area contributed by atoms with Gasteiger partial charge < -0.3 is 15.4 Å². The van der Waals surface area contributed by atoms with E-state index in [-0.39, 0.29) is 5.91 Å². The van der Waals surface area contributed by atoms with E-state index in [4.69, 9.17) is 10.5 Å². The third-order valence-electron chi connectivity index (χ3n) is 2.62. The van der Waals surface area contributed by atoms with Crippen molar-refractivity contribution in [3.8, 4) is 11.8 Å². The van der Waals surface area contributed by atoms with Crippen LogP contribution in [0.15, 0.2) is 11.4 Å². The minimum atomic E-state index is 0.101. The SMILES string of the molecule is CCCOCCC(=O)N(C)Cc1cc(C#CCN)cs1. The summed E-state index contributed by atoms with van der Waals surface area (Å²) in [6, 6.07) is 2.00. The topological polar surface area (TPSA) is 55.6 Å². The van der Waals surface area contributed by atoms with Crippen LogP contribution in [0.4, 0.5) is 0 Å². The van der Waals surface area contributed by atoms with Gasteiger partial charge in [0.2, 0.25) is 5.91 Å². The standard InChI is InChI=1S/C15H22N2O2S/c1-3-8-19-9-6-15(18)17(2)11-14-10-13(12-20-14)5-4-7-16/h10,12H,3,6-9,11,16H2,1-2H3. The van der Waals surface area contributed by atoms with Crippen LogP contribution in [-0.4, -0.2) is 37.6 Å². The molecule has 1 amide bonds. The van der Waals surface area contributed by atoms with E-state index >= 15 is 0 Å². The summed E-state index contributed by atoms with van der Waals surface area (Å²) >= 11 is 1.61. The molecule has 1 aromatic rings. The molecule has 0 aliphatic rings. The highest BCUT2D eigenvalue weighted by Gasteiger charge is 2.10. The molecule has 0 fully saturated rings. The predicted molar refractivity (Wildman–Crippen MR) is 82.5 cm³/mol. The molecule has 4 nitrogen and oxygen atoms in total. The lowest BCUT2D eigenvalue weighted by molar-refractivity contribution is -0.131. The van der Waals surface area contributed by atoms with Gasteiger partial charge in [-0.1, -0.05) is 18.8 Å². The van der Waals surface area contributed by atoms with E-state index < -0.39 is 0 Å². The summed E-state index contributed by atoms with van der Waals surface area (Å²) < 4.78 is 5.33. The minimum Gasteiger partial charge on any atom is -0.381 e. The first-order valence-corrected chi connectivity index (χ1v) is 7.63. The molecule has 1 rings (SSSR count). The van der Waals surface area contributed by atoms with Crippen LogP contribution in [0.5, 0.6) is 0 Å². The summed E-state index contributed by atoms with van der Waals surface area (Å²) in [5.74, 6) is 5.91. The number of hydrogen-bond donors (Lipinski definition) is 1. The number of thiophene rings is 1. The normalized spacial score (nSPS) is 9.95.